The van der Waals surface area contributed by atoms with Gasteiger partial charge in [0.25, 0.3) is 0 Å². The molecule has 146 valence electrons. The van der Waals surface area contributed by atoms with Crippen LogP contribution in [0.3, 0.4) is 0 Å². The first-order chi connectivity index (χ1) is 13.0. The molecular weight excluding hydrogens is 340 g/mol. The first-order valence-corrected chi connectivity index (χ1v) is 9.49. The van der Waals surface area contributed by atoms with Crippen LogP contribution >= 0.6 is 0 Å². The number of ether oxygens (including phenoxy) is 2. The third-order valence-corrected chi connectivity index (χ3v) is 4.34. The molecule has 0 saturated heterocycles. The second-order valence-electron chi connectivity index (χ2n) is 6.37. The molecule has 0 radical (unpaired) electrons. The van der Waals surface area contributed by atoms with E-state index in [1.54, 1.807) is 0 Å². The molecule has 0 aromatic heterocycles. The Morgan fingerprint density at radius 2 is 1.63 bits per heavy atom. The lowest BCUT2D eigenvalue weighted by Gasteiger charge is -2.19. The fraction of sp³-hybridized carbons (Fsp3) is 0.409. The van der Waals surface area contributed by atoms with E-state index in [2.05, 4.69) is 10.6 Å². The van der Waals surface area contributed by atoms with Crippen molar-refractivity contribution in [1.29, 1.82) is 0 Å². The van der Waals surface area contributed by atoms with Gasteiger partial charge in [0.15, 0.2) is 0 Å². The molecule has 5 heteroatoms. The van der Waals surface area contributed by atoms with Gasteiger partial charge in [-0.3, -0.25) is 4.79 Å². The zero-order valence-corrected chi connectivity index (χ0v) is 16.7. The van der Waals surface area contributed by atoms with Gasteiger partial charge >= 0.3 is 0 Å². The summed E-state index contributed by atoms with van der Waals surface area (Å²) < 4.78 is 11.5. The Morgan fingerprint density at radius 3 is 2.19 bits per heavy atom. The minimum absolute atomic E-state index is 0.00788. The number of amides is 1. The van der Waals surface area contributed by atoms with Gasteiger partial charge in [0.2, 0.25) is 5.91 Å². The lowest BCUT2D eigenvalue weighted by atomic mass is 10.0. The van der Waals surface area contributed by atoms with E-state index in [1.165, 1.54) is 0 Å². The highest BCUT2D eigenvalue weighted by Crippen LogP contribution is 2.32. The molecule has 0 unspecified atom stereocenters. The van der Waals surface area contributed by atoms with Crippen LogP contribution in [-0.4, -0.2) is 25.7 Å². The number of benzene rings is 2. The molecule has 0 spiro atoms. The maximum absolute atomic E-state index is 12.1. The summed E-state index contributed by atoms with van der Waals surface area (Å²) in [6, 6.07) is 13.9. The van der Waals surface area contributed by atoms with E-state index < -0.39 is 0 Å². The number of hydrogen-bond acceptors (Lipinski definition) is 4. The predicted molar refractivity (Wildman–Crippen MR) is 108 cm³/mol. The number of rotatable bonds is 10. The lowest BCUT2D eigenvalue weighted by Crippen LogP contribution is -2.34. The highest BCUT2D eigenvalue weighted by molar-refractivity contribution is 5.78. The van der Waals surface area contributed by atoms with Gasteiger partial charge in [0.05, 0.1) is 19.8 Å². The van der Waals surface area contributed by atoms with Crippen LogP contribution in [0.5, 0.6) is 11.5 Å². The summed E-state index contributed by atoms with van der Waals surface area (Å²) in [6.07, 6.45) is 0. The first kappa shape index (κ1) is 20.8. The highest BCUT2D eigenvalue weighted by Gasteiger charge is 2.14. The van der Waals surface area contributed by atoms with Crippen molar-refractivity contribution in [1.82, 2.24) is 10.6 Å². The van der Waals surface area contributed by atoms with Gasteiger partial charge in [-0.1, -0.05) is 30.3 Å². The SMILES string of the molecule is CCOc1cc([C@@H](C)NCC(=O)NCc2ccccc2)cc(OCC)c1C. The molecule has 0 heterocycles. The van der Waals surface area contributed by atoms with E-state index >= 15 is 0 Å². The monoisotopic (exact) mass is 370 g/mol. The van der Waals surface area contributed by atoms with E-state index in [1.807, 2.05) is 70.2 Å². The summed E-state index contributed by atoms with van der Waals surface area (Å²) in [5.41, 5.74) is 3.11. The number of hydrogen-bond donors (Lipinski definition) is 2. The van der Waals surface area contributed by atoms with Crippen LogP contribution in [0, 0.1) is 6.92 Å². The van der Waals surface area contributed by atoms with Crippen LogP contribution in [-0.2, 0) is 11.3 Å². The van der Waals surface area contributed by atoms with Crippen molar-refractivity contribution in [2.24, 2.45) is 0 Å². The summed E-state index contributed by atoms with van der Waals surface area (Å²) >= 11 is 0. The van der Waals surface area contributed by atoms with Crippen LogP contribution in [0.1, 0.15) is 43.5 Å². The number of nitrogens with one attached hydrogen (secondary N) is 2. The third kappa shape index (κ3) is 6.29. The van der Waals surface area contributed by atoms with Gasteiger partial charge < -0.3 is 20.1 Å². The maximum atomic E-state index is 12.1. The largest absolute Gasteiger partial charge is 0.493 e. The van der Waals surface area contributed by atoms with Gasteiger partial charge in [-0.05, 0) is 51.0 Å². The van der Waals surface area contributed by atoms with Gasteiger partial charge in [0, 0.05) is 18.2 Å². The van der Waals surface area contributed by atoms with Crippen molar-refractivity contribution in [2.45, 2.75) is 40.3 Å². The van der Waals surface area contributed by atoms with E-state index in [4.69, 9.17) is 9.47 Å². The lowest BCUT2D eigenvalue weighted by molar-refractivity contribution is -0.120. The van der Waals surface area contributed by atoms with Crippen molar-refractivity contribution in [3.63, 3.8) is 0 Å². The fourth-order valence-electron chi connectivity index (χ4n) is 2.77. The molecule has 2 rings (SSSR count). The fourth-order valence-corrected chi connectivity index (χ4v) is 2.77. The van der Waals surface area contributed by atoms with Crippen molar-refractivity contribution in [2.75, 3.05) is 19.8 Å². The maximum Gasteiger partial charge on any atom is 0.234 e. The second kappa shape index (κ2) is 10.6. The van der Waals surface area contributed by atoms with Gasteiger partial charge in [-0.25, -0.2) is 0 Å². The second-order valence-corrected chi connectivity index (χ2v) is 6.37. The van der Waals surface area contributed by atoms with Gasteiger partial charge in [-0.2, -0.15) is 0 Å². The minimum atomic E-state index is -0.0344. The quantitative estimate of drug-likeness (QED) is 0.669. The van der Waals surface area contributed by atoms with Crippen LogP contribution in [0.2, 0.25) is 0 Å². The molecular formula is C22H30N2O3. The Kier molecular flexibility index (Phi) is 8.14. The summed E-state index contributed by atoms with van der Waals surface area (Å²) in [4.78, 5) is 12.1. The molecule has 1 amide bonds. The van der Waals surface area contributed by atoms with Crippen molar-refractivity contribution < 1.29 is 14.3 Å². The van der Waals surface area contributed by atoms with Crippen LogP contribution < -0.4 is 20.1 Å². The third-order valence-electron chi connectivity index (χ3n) is 4.34. The molecule has 2 aromatic rings. The van der Waals surface area contributed by atoms with E-state index in [9.17, 15) is 4.79 Å². The smallest absolute Gasteiger partial charge is 0.234 e. The zero-order chi connectivity index (χ0) is 19.6. The van der Waals surface area contributed by atoms with E-state index in [0.717, 1.165) is 28.2 Å². The first-order valence-electron chi connectivity index (χ1n) is 9.49. The molecule has 2 N–H and O–H groups in total. The molecule has 27 heavy (non-hydrogen) atoms. The number of carbonyl (C=O) groups is 1. The van der Waals surface area contributed by atoms with Crippen molar-refractivity contribution in [3.8, 4) is 11.5 Å². The zero-order valence-electron chi connectivity index (χ0n) is 16.7. The highest BCUT2D eigenvalue weighted by atomic mass is 16.5. The van der Waals surface area contributed by atoms with Crippen molar-refractivity contribution >= 4 is 5.91 Å². The summed E-state index contributed by atoms with van der Waals surface area (Å²) in [6.45, 7) is 9.92. The van der Waals surface area contributed by atoms with Crippen molar-refractivity contribution in [3.05, 3.63) is 59.2 Å². The summed E-state index contributed by atoms with van der Waals surface area (Å²) in [5, 5.41) is 6.20. The standard InChI is InChI=1S/C22H30N2O3/c1-5-26-20-12-19(13-21(16(20)3)27-6-2)17(4)23-15-22(25)24-14-18-10-8-7-9-11-18/h7-13,17,23H,5-6,14-15H2,1-4H3,(H,24,25)/t17-/m1/s1. The molecule has 1 atom stereocenters. The van der Waals surface area contributed by atoms with Crippen LogP contribution in [0.15, 0.2) is 42.5 Å². The molecule has 0 bridgehead atoms. The van der Waals surface area contributed by atoms with E-state index in [-0.39, 0.29) is 18.5 Å². The summed E-state index contributed by atoms with van der Waals surface area (Å²) in [7, 11) is 0. The Balaban J connectivity index is 1.95. The molecule has 5 nitrogen and oxygen atoms in total. The van der Waals surface area contributed by atoms with Gasteiger partial charge in [-0.15, -0.1) is 0 Å². The molecule has 2 aromatic carbocycles. The van der Waals surface area contributed by atoms with Crippen LogP contribution in [0.25, 0.3) is 0 Å². The average molecular weight is 370 g/mol. The van der Waals surface area contributed by atoms with E-state index in [0.29, 0.717) is 19.8 Å². The minimum Gasteiger partial charge on any atom is -0.493 e. The Bertz CT molecular complexity index is 705. The van der Waals surface area contributed by atoms with Gasteiger partial charge in [0.1, 0.15) is 11.5 Å². The Morgan fingerprint density at radius 1 is 1.04 bits per heavy atom. The molecule has 0 aliphatic rings. The predicted octanol–water partition coefficient (Wildman–Crippen LogP) is 3.76. The Hall–Kier alpha value is -2.53. The average Bonchev–Trinajstić information content (AvgIpc) is 2.68. The molecule has 0 saturated carbocycles. The molecule has 0 fully saturated rings. The normalized spacial score (nSPS) is 11.7. The topological polar surface area (TPSA) is 59.6 Å². The molecule has 0 aliphatic carbocycles. The number of carbonyl (C=O) groups excluding carboxylic acids is 1. The molecule has 0 aliphatic heterocycles. The summed E-state index contributed by atoms with van der Waals surface area (Å²) in [5.74, 6) is 1.61. The van der Waals surface area contributed by atoms with Crippen LogP contribution in [0.4, 0.5) is 0 Å². The Labute approximate surface area is 162 Å².